The third-order valence-corrected chi connectivity index (χ3v) is 7.41. The molecule has 5 rings (SSSR count). The Morgan fingerprint density at radius 3 is 2.96 bits per heavy atom. The average Bonchev–Trinajstić information content (AvgIpc) is 3.21. The minimum atomic E-state index is -0.148. The molecule has 0 bridgehead atoms. The van der Waals surface area contributed by atoms with Gasteiger partial charge in [-0.3, -0.25) is 4.90 Å². The molecule has 0 saturated carbocycles. The van der Waals surface area contributed by atoms with E-state index in [1.54, 1.807) is 0 Å². The monoisotopic (exact) mass is 338 g/mol. The van der Waals surface area contributed by atoms with Crippen LogP contribution in [0.1, 0.15) is 44.6 Å². The predicted molar refractivity (Wildman–Crippen MR) is 97.3 cm³/mol. The van der Waals surface area contributed by atoms with Crippen molar-refractivity contribution >= 4 is 11.7 Å². The highest BCUT2D eigenvalue weighted by molar-refractivity contribution is 5.93. The molecule has 0 amide bonds. The van der Waals surface area contributed by atoms with Crippen LogP contribution in [0.5, 0.6) is 0 Å². The van der Waals surface area contributed by atoms with E-state index in [2.05, 4.69) is 41.4 Å². The summed E-state index contributed by atoms with van der Waals surface area (Å²) in [5.74, 6) is -0.148. The van der Waals surface area contributed by atoms with Crippen LogP contribution in [0.2, 0.25) is 0 Å². The third-order valence-electron chi connectivity index (χ3n) is 7.41. The number of esters is 1. The van der Waals surface area contributed by atoms with Gasteiger partial charge in [0.15, 0.2) is 0 Å². The number of ether oxygens (including phenoxy) is 1. The fourth-order valence-electron chi connectivity index (χ4n) is 6.49. The van der Waals surface area contributed by atoms with Crippen LogP contribution in [-0.2, 0) is 14.9 Å². The molecule has 3 aliphatic heterocycles. The second kappa shape index (κ2) is 5.10. The lowest BCUT2D eigenvalue weighted by Crippen LogP contribution is -2.59. The Morgan fingerprint density at radius 2 is 2.16 bits per heavy atom. The molecular weight excluding hydrogens is 312 g/mol. The number of methoxy groups -OCH3 is 1. The van der Waals surface area contributed by atoms with Crippen LogP contribution in [0.4, 0.5) is 5.69 Å². The normalized spacial score (nSPS) is 35.7. The first-order valence-electron chi connectivity index (χ1n) is 9.59. The Bertz CT molecular complexity index is 786. The summed E-state index contributed by atoms with van der Waals surface area (Å²) in [6, 6.07) is 9.15. The summed E-state index contributed by atoms with van der Waals surface area (Å²) in [6.45, 7) is 4.63. The maximum atomic E-state index is 12.7. The molecule has 132 valence electrons. The number of carbonyl (C=O) groups is 1. The summed E-state index contributed by atoms with van der Waals surface area (Å²) in [5, 5.41) is 3.65. The van der Waals surface area contributed by atoms with Gasteiger partial charge in [-0.1, -0.05) is 25.1 Å². The fourth-order valence-corrected chi connectivity index (χ4v) is 6.49. The first-order valence-corrected chi connectivity index (χ1v) is 9.59. The highest BCUT2D eigenvalue weighted by atomic mass is 16.5. The first kappa shape index (κ1) is 15.4. The topological polar surface area (TPSA) is 41.6 Å². The maximum absolute atomic E-state index is 12.7. The van der Waals surface area contributed by atoms with Gasteiger partial charge in [0.2, 0.25) is 0 Å². The number of hydrogen-bond acceptors (Lipinski definition) is 4. The van der Waals surface area contributed by atoms with Gasteiger partial charge in [0.05, 0.1) is 18.1 Å². The van der Waals surface area contributed by atoms with Crippen molar-refractivity contribution in [2.45, 2.75) is 50.5 Å². The molecule has 2 fully saturated rings. The summed E-state index contributed by atoms with van der Waals surface area (Å²) < 4.78 is 5.22. The van der Waals surface area contributed by atoms with E-state index in [1.807, 2.05) is 0 Å². The number of piperidine rings is 1. The van der Waals surface area contributed by atoms with Crippen molar-refractivity contribution in [1.82, 2.24) is 4.90 Å². The van der Waals surface area contributed by atoms with Crippen LogP contribution in [-0.4, -0.2) is 37.1 Å². The zero-order chi connectivity index (χ0) is 17.2. The summed E-state index contributed by atoms with van der Waals surface area (Å²) in [4.78, 5) is 15.4. The van der Waals surface area contributed by atoms with Gasteiger partial charge in [-0.25, -0.2) is 4.79 Å². The number of hydrogen-bond donors (Lipinski definition) is 1. The molecule has 4 nitrogen and oxygen atoms in total. The zero-order valence-electron chi connectivity index (χ0n) is 15.1. The molecule has 4 heteroatoms. The van der Waals surface area contributed by atoms with Crippen molar-refractivity contribution in [1.29, 1.82) is 0 Å². The Labute approximate surface area is 149 Å². The van der Waals surface area contributed by atoms with Gasteiger partial charge in [0.1, 0.15) is 0 Å². The number of rotatable bonds is 2. The van der Waals surface area contributed by atoms with E-state index in [9.17, 15) is 4.79 Å². The predicted octanol–water partition coefficient (Wildman–Crippen LogP) is 3.45. The van der Waals surface area contributed by atoms with E-state index < -0.39 is 0 Å². The number of anilines is 1. The Morgan fingerprint density at radius 1 is 1.32 bits per heavy atom. The molecule has 2 saturated heterocycles. The molecule has 1 aromatic carbocycles. The summed E-state index contributed by atoms with van der Waals surface area (Å²) in [7, 11) is 1.51. The molecule has 0 aromatic heterocycles. The molecule has 1 spiro atoms. The van der Waals surface area contributed by atoms with Crippen LogP contribution in [0.15, 0.2) is 35.5 Å². The second-order valence-corrected chi connectivity index (χ2v) is 8.17. The molecule has 2 unspecified atom stereocenters. The van der Waals surface area contributed by atoms with Gasteiger partial charge in [0.25, 0.3) is 0 Å². The van der Waals surface area contributed by atoms with E-state index in [-0.39, 0.29) is 16.8 Å². The van der Waals surface area contributed by atoms with Crippen molar-refractivity contribution in [2.75, 3.05) is 25.5 Å². The highest BCUT2D eigenvalue weighted by Crippen LogP contribution is 2.65. The molecule has 0 radical (unpaired) electrons. The zero-order valence-corrected chi connectivity index (χ0v) is 15.1. The van der Waals surface area contributed by atoms with Crippen LogP contribution in [0, 0.1) is 5.41 Å². The summed E-state index contributed by atoms with van der Waals surface area (Å²) >= 11 is 0. The molecule has 3 atom stereocenters. The molecule has 25 heavy (non-hydrogen) atoms. The summed E-state index contributed by atoms with van der Waals surface area (Å²) in [5.41, 5.74) is 4.71. The van der Waals surface area contributed by atoms with Crippen molar-refractivity contribution in [2.24, 2.45) is 5.41 Å². The molecular formula is C21H26N2O2. The Hall–Kier alpha value is -1.81. The number of nitrogens with zero attached hydrogens (tertiary/aromatic N) is 1. The third kappa shape index (κ3) is 1.74. The molecule has 4 aliphatic rings. The molecule has 1 aliphatic carbocycles. The minimum absolute atomic E-state index is 0.0607. The van der Waals surface area contributed by atoms with Crippen molar-refractivity contribution in [3.8, 4) is 0 Å². The maximum Gasteiger partial charge on any atom is 0.335 e. The van der Waals surface area contributed by atoms with Crippen LogP contribution < -0.4 is 5.32 Å². The number of nitrogens with one attached hydrogen (secondary N) is 1. The van der Waals surface area contributed by atoms with Crippen molar-refractivity contribution in [3.05, 3.63) is 41.1 Å². The lowest BCUT2D eigenvalue weighted by atomic mass is 9.53. The van der Waals surface area contributed by atoms with E-state index in [0.717, 1.165) is 37.1 Å². The number of fused-ring (bicyclic) bond motifs is 1. The van der Waals surface area contributed by atoms with Crippen LogP contribution in [0.25, 0.3) is 0 Å². The van der Waals surface area contributed by atoms with Gasteiger partial charge in [-0.05, 0) is 62.2 Å². The van der Waals surface area contributed by atoms with Gasteiger partial charge >= 0.3 is 5.97 Å². The lowest BCUT2D eigenvalue weighted by molar-refractivity contribution is -0.137. The highest BCUT2D eigenvalue weighted by Gasteiger charge is 2.65. The largest absolute Gasteiger partial charge is 0.466 e. The van der Waals surface area contributed by atoms with E-state index in [4.69, 9.17) is 4.74 Å². The van der Waals surface area contributed by atoms with Crippen LogP contribution >= 0.6 is 0 Å². The quantitative estimate of drug-likeness (QED) is 0.839. The van der Waals surface area contributed by atoms with E-state index in [1.165, 1.54) is 37.7 Å². The lowest BCUT2D eigenvalue weighted by Gasteiger charge is -2.56. The standard InChI is InChI=1S/C21H26N2O2/c1-3-20-9-6-11-23-12-10-21(19(20)23)15-7-4-5-8-16(15)22-17(21)14(13-20)18(24)25-2/h4-5,7-8,19,22H,3,6,9-13H2,1-2H3/t19?,20-,21?/m0/s1. The van der Waals surface area contributed by atoms with Crippen molar-refractivity contribution in [3.63, 3.8) is 0 Å². The molecule has 1 N–H and O–H groups in total. The number of carbonyl (C=O) groups excluding carboxylic acids is 1. The number of benzene rings is 1. The SMILES string of the molecule is CC[C@]12CCCN3CCC4(C(=C(C(=O)OC)C1)Nc1ccccc14)C32. The number of para-hydroxylation sites is 1. The van der Waals surface area contributed by atoms with Crippen molar-refractivity contribution < 1.29 is 9.53 Å². The van der Waals surface area contributed by atoms with E-state index in [0.29, 0.717) is 6.04 Å². The Balaban J connectivity index is 1.81. The molecule has 1 aromatic rings. The average molecular weight is 338 g/mol. The first-order chi connectivity index (χ1) is 12.2. The fraction of sp³-hybridized carbons (Fsp3) is 0.571. The van der Waals surface area contributed by atoms with Gasteiger partial charge < -0.3 is 10.1 Å². The smallest absolute Gasteiger partial charge is 0.335 e. The minimum Gasteiger partial charge on any atom is -0.466 e. The van der Waals surface area contributed by atoms with Gasteiger partial charge in [-0.15, -0.1) is 0 Å². The molecule has 3 heterocycles. The van der Waals surface area contributed by atoms with E-state index >= 15 is 0 Å². The summed E-state index contributed by atoms with van der Waals surface area (Å²) in [6.07, 6.45) is 5.50. The van der Waals surface area contributed by atoms with Gasteiger partial charge in [0, 0.05) is 17.4 Å². The second-order valence-electron chi connectivity index (χ2n) is 8.17. The van der Waals surface area contributed by atoms with Gasteiger partial charge in [-0.2, -0.15) is 0 Å². The van der Waals surface area contributed by atoms with Crippen LogP contribution in [0.3, 0.4) is 0 Å². The Kier molecular flexibility index (Phi) is 3.15.